The maximum atomic E-state index is 11.2. The van der Waals surface area contributed by atoms with E-state index in [2.05, 4.69) is 4.98 Å². The van der Waals surface area contributed by atoms with Crippen molar-refractivity contribution in [3.05, 3.63) is 34.3 Å². The average Bonchev–Trinajstić information content (AvgIpc) is 3.07. The minimum Gasteiger partial charge on any atom is -0.408 e. The lowest BCUT2D eigenvalue weighted by molar-refractivity contribution is -0.204. The van der Waals surface area contributed by atoms with Crippen LogP contribution in [0.15, 0.2) is 27.4 Å². The molecule has 0 bridgehead atoms. The van der Waals surface area contributed by atoms with Gasteiger partial charge in [0.2, 0.25) is 0 Å². The molecule has 0 radical (unpaired) electrons. The molecular formula is C15H17NO5. The van der Waals surface area contributed by atoms with Crippen LogP contribution in [0.4, 0.5) is 0 Å². The summed E-state index contributed by atoms with van der Waals surface area (Å²) in [6.45, 7) is 1.25. The van der Waals surface area contributed by atoms with Crippen molar-refractivity contribution < 1.29 is 19.0 Å². The van der Waals surface area contributed by atoms with Crippen molar-refractivity contribution in [2.45, 2.75) is 37.1 Å². The number of oxazole rings is 1. The van der Waals surface area contributed by atoms with Crippen LogP contribution in [-0.2, 0) is 15.1 Å². The van der Waals surface area contributed by atoms with Crippen LogP contribution < -0.4 is 5.76 Å². The van der Waals surface area contributed by atoms with E-state index in [4.69, 9.17) is 13.9 Å². The van der Waals surface area contributed by atoms with Crippen molar-refractivity contribution in [3.63, 3.8) is 0 Å². The van der Waals surface area contributed by atoms with Gasteiger partial charge in [0.15, 0.2) is 11.4 Å². The van der Waals surface area contributed by atoms with Crippen molar-refractivity contribution in [2.75, 3.05) is 13.2 Å². The first kappa shape index (κ1) is 13.1. The van der Waals surface area contributed by atoms with Gasteiger partial charge in [-0.05, 0) is 30.5 Å². The molecule has 1 saturated heterocycles. The monoisotopic (exact) mass is 291 g/mol. The third-order valence-electron chi connectivity index (χ3n) is 4.61. The molecule has 112 valence electrons. The fourth-order valence-corrected chi connectivity index (χ4v) is 3.35. The van der Waals surface area contributed by atoms with Crippen molar-refractivity contribution in [1.29, 1.82) is 0 Å². The predicted molar refractivity (Wildman–Crippen MR) is 73.8 cm³/mol. The number of H-pyrrole nitrogens is 1. The molecule has 0 unspecified atom stereocenters. The highest BCUT2D eigenvalue weighted by atomic mass is 16.7. The van der Waals surface area contributed by atoms with E-state index in [1.54, 1.807) is 12.1 Å². The number of hydrogen-bond acceptors (Lipinski definition) is 5. The summed E-state index contributed by atoms with van der Waals surface area (Å²) in [7, 11) is 0. The Bertz CT molecular complexity index is 715. The van der Waals surface area contributed by atoms with Crippen molar-refractivity contribution >= 4 is 11.1 Å². The van der Waals surface area contributed by atoms with Crippen LogP contribution in [0.5, 0.6) is 0 Å². The summed E-state index contributed by atoms with van der Waals surface area (Å²) >= 11 is 0. The molecule has 2 fully saturated rings. The van der Waals surface area contributed by atoms with Crippen LogP contribution >= 0.6 is 0 Å². The normalized spacial score (nSPS) is 23.9. The second kappa shape index (κ2) is 4.43. The molecule has 2 heterocycles. The molecule has 1 aromatic carbocycles. The maximum Gasteiger partial charge on any atom is 0.417 e. The van der Waals surface area contributed by atoms with Crippen molar-refractivity contribution in [2.24, 2.45) is 0 Å². The van der Waals surface area contributed by atoms with Crippen molar-refractivity contribution in [3.8, 4) is 0 Å². The number of fused-ring (bicyclic) bond motifs is 1. The molecule has 1 spiro atoms. The highest BCUT2D eigenvalue weighted by Crippen LogP contribution is 2.45. The van der Waals surface area contributed by atoms with Gasteiger partial charge >= 0.3 is 5.76 Å². The largest absolute Gasteiger partial charge is 0.417 e. The van der Waals surface area contributed by atoms with Gasteiger partial charge in [0.1, 0.15) is 0 Å². The second-order valence-electron chi connectivity index (χ2n) is 5.86. The Hall–Kier alpha value is -1.63. The average molecular weight is 291 g/mol. The fourth-order valence-electron chi connectivity index (χ4n) is 3.35. The third-order valence-corrected chi connectivity index (χ3v) is 4.61. The van der Waals surface area contributed by atoms with Crippen LogP contribution in [0, 0.1) is 0 Å². The summed E-state index contributed by atoms with van der Waals surface area (Å²) in [5, 5.41) is 10.9. The van der Waals surface area contributed by atoms with Crippen LogP contribution in [0.2, 0.25) is 0 Å². The van der Waals surface area contributed by atoms with Gasteiger partial charge in [-0.25, -0.2) is 4.79 Å². The van der Waals surface area contributed by atoms with Crippen LogP contribution in [0.1, 0.15) is 31.2 Å². The molecule has 1 aromatic heterocycles. The molecule has 1 saturated carbocycles. The summed E-state index contributed by atoms with van der Waals surface area (Å²) in [6, 6.07) is 5.34. The van der Waals surface area contributed by atoms with E-state index in [0.717, 1.165) is 5.56 Å². The van der Waals surface area contributed by atoms with Crippen LogP contribution in [-0.4, -0.2) is 29.1 Å². The lowest BCUT2D eigenvalue weighted by Crippen LogP contribution is -2.42. The van der Waals surface area contributed by atoms with Gasteiger partial charge in [-0.15, -0.1) is 0 Å². The van der Waals surface area contributed by atoms with E-state index in [0.29, 0.717) is 50.0 Å². The number of rotatable bonds is 1. The molecule has 6 heteroatoms. The SMILES string of the molecule is O=c1[nH]c2ccc(C3(O)CCC4(CC3)OCCO4)cc2o1. The van der Waals surface area contributed by atoms with Crippen molar-refractivity contribution in [1.82, 2.24) is 4.98 Å². The highest BCUT2D eigenvalue weighted by Gasteiger charge is 2.46. The van der Waals surface area contributed by atoms with E-state index in [-0.39, 0.29) is 0 Å². The summed E-state index contributed by atoms with van der Waals surface area (Å²) < 4.78 is 16.4. The standard InChI is InChI=1S/C15H17NO5/c17-13-16-11-2-1-10(9-12(11)21-13)14(18)3-5-15(6-4-14)19-7-8-20-15/h1-2,9,18H,3-8H2,(H,16,17). The first-order valence-electron chi connectivity index (χ1n) is 7.22. The van der Waals surface area contributed by atoms with Gasteiger partial charge in [-0.3, -0.25) is 4.98 Å². The minimum absolute atomic E-state index is 0.472. The second-order valence-corrected chi connectivity index (χ2v) is 5.86. The number of aromatic amines is 1. The smallest absolute Gasteiger partial charge is 0.408 e. The Balaban J connectivity index is 1.63. The molecule has 0 atom stereocenters. The Morgan fingerprint density at radius 1 is 1.10 bits per heavy atom. The number of ether oxygens (including phenoxy) is 2. The Morgan fingerprint density at radius 2 is 1.81 bits per heavy atom. The molecule has 21 heavy (non-hydrogen) atoms. The topological polar surface area (TPSA) is 84.7 Å². The van der Waals surface area contributed by atoms with E-state index >= 15 is 0 Å². The zero-order valence-corrected chi connectivity index (χ0v) is 11.6. The first-order chi connectivity index (χ1) is 10.1. The Morgan fingerprint density at radius 3 is 2.52 bits per heavy atom. The van der Waals surface area contributed by atoms with E-state index in [9.17, 15) is 9.90 Å². The fraction of sp³-hybridized carbons (Fsp3) is 0.533. The lowest BCUT2D eigenvalue weighted by Gasteiger charge is -2.40. The number of hydrogen-bond donors (Lipinski definition) is 2. The number of aliphatic hydroxyl groups is 1. The number of nitrogens with one attached hydrogen (secondary N) is 1. The number of benzene rings is 1. The molecule has 2 N–H and O–H groups in total. The summed E-state index contributed by atoms with van der Waals surface area (Å²) in [6.07, 6.45) is 2.46. The molecule has 0 amide bonds. The third kappa shape index (κ3) is 2.10. The highest BCUT2D eigenvalue weighted by molar-refractivity contribution is 5.73. The van der Waals surface area contributed by atoms with Gasteiger partial charge in [0.05, 0.1) is 24.3 Å². The van der Waals surface area contributed by atoms with E-state index in [1.165, 1.54) is 0 Å². The van der Waals surface area contributed by atoms with Gasteiger partial charge in [0.25, 0.3) is 0 Å². The zero-order chi connectivity index (χ0) is 14.5. The molecule has 6 nitrogen and oxygen atoms in total. The summed E-state index contributed by atoms with van der Waals surface area (Å²) in [5.74, 6) is -0.985. The number of aromatic nitrogens is 1. The minimum atomic E-state index is -0.926. The lowest BCUT2D eigenvalue weighted by atomic mass is 9.77. The zero-order valence-electron chi connectivity index (χ0n) is 11.6. The van der Waals surface area contributed by atoms with Gasteiger partial charge < -0.3 is 19.0 Å². The quantitative estimate of drug-likeness (QED) is 0.834. The predicted octanol–water partition coefficient (Wildman–Crippen LogP) is 1.63. The molecular weight excluding hydrogens is 274 g/mol. The molecule has 2 aromatic rings. The van der Waals surface area contributed by atoms with E-state index < -0.39 is 17.1 Å². The maximum absolute atomic E-state index is 11.2. The Kier molecular flexibility index (Phi) is 2.76. The van der Waals surface area contributed by atoms with E-state index in [1.807, 2.05) is 6.07 Å². The van der Waals surface area contributed by atoms with Gasteiger partial charge in [-0.2, -0.15) is 0 Å². The van der Waals surface area contributed by atoms with Gasteiger partial charge in [-0.1, -0.05) is 6.07 Å². The first-order valence-corrected chi connectivity index (χ1v) is 7.22. The molecule has 2 aliphatic rings. The molecule has 4 rings (SSSR count). The van der Waals surface area contributed by atoms with Crippen LogP contribution in [0.3, 0.4) is 0 Å². The van der Waals surface area contributed by atoms with Crippen LogP contribution in [0.25, 0.3) is 11.1 Å². The molecule has 1 aliphatic carbocycles. The summed E-state index contributed by atoms with van der Waals surface area (Å²) in [5.41, 5.74) is 0.956. The summed E-state index contributed by atoms with van der Waals surface area (Å²) in [4.78, 5) is 13.8. The molecule has 1 aliphatic heterocycles. The Labute approximate surface area is 120 Å². The van der Waals surface area contributed by atoms with Gasteiger partial charge in [0, 0.05) is 12.8 Å².